The summed E-state index contributed by atoms with van der Waals surface area (Å²) in [5.41, 5.74) is 3.70. The maximum Gasteiger partial charge on any atom is 0.414 e. The Labute approximate surface area is 250 Å². The van der Waals surface area contributed by atoms with E-state index in [9.17, 15) is 10.1 Å². The van der Waals surface area contributed by atoms with Gasteiger partial charge < -0.3 is 14.5 Å². The molecular weight excluding hydrogens is 546 g/mol. The number of carbonyl (C=O) groups excluding carboxylic acids is 1. The van der Waals surface area contributed by atoms with E-state index in [0.29, 0.717) is 36.0 Å². The molecule has 2 aromatic heterocycles. The first-order chi connectivity index (χ1) is 19.3. The third kappa shape index (κ3) is 6.20. The summed E-state index contributed by atoms with van der Waals surface area (Å²) in [5.74, 6) is 0.419. The first kappa shape index (κ1) is 31.2. The summed E-state index contributed by atoms with van der Waals surface area (Å²) in [7, 11) is -0.237. The molecule has 42 heavy (non-hydrogen) atoms. The Morgan fingerprint density at radius 2 is 1.90 bits per heavy atom. The number of nitriles is 1. The van der Waals surface area contributed by atoms with Crippen molar-refractivity contribution in [1.29, 1.82) is 5.26 Å². The molecule has 0 radical (unpaired) electrons. The number of rotatable bonds is 6. The van der Waals surface area contributed by atoms with Crippen LogP contribution in [0.25, 0.3) is 11.3 Å². The SMILES string of the molecule is Cc1c(Nc2nccc(-c3cc(C#N)c4c(c3)C(C)(CO[Si](C)(C)C(C)(C)C)CN4C(=O)OC(C)(C)C)n2)cnn1C. The summed E-state index contributed by atoms with van der Waals surface area (Å²) in [4.78, 5) is 24.2. The second-order valence-electron chi connectivity index (χ2n) is 13.9. The highest BCUT2D eigenvalue weighted by atomic mass is 28.4. The van der Waals surface area contributed by atoms with E-state index < -0.39 is 25.4 Å². The predicted octanol–water partition coefficient (Wildman–Crippen LogP) is 6.84. The van der Waals surface area contributed by atoms with Crippen LogP contribution in [0.2, 0.25) is 18.1 Å². The van der Waals surface area contributed by atoms with Crippen LogP contribution in [0.1, 0.15) is 65.3 Å². The van der Waals surface area contributed by atoms with Crippen molar-refractivity contribution in [3.8, 4) is 17.3 Å². The quantitative estimate of drug-likeness (QED) is 0.311. The Bertz CT molecular complexity index is 1550. The number of ether oxygens (including phenoxy) is 1. The van der Waals surface area contributed by atoms with Crippen molar-refractivity contribution < 1.29 is 14.0 Å². The smallest absolute Gasteiger partial charge is 0.414 e. The molecule has 0 saturated heterocycles. The van der Waals surface area contributed by atoms with Crippen LogP contribution in [-0.4, -0.2) is 52.9 Å². The Kier molecular flexibility index (Phi) is 8.04. The van der Waals surface area contributed by atoms with Crippen LogP contribution in [0, 0.1) is 18.3 Å². The zero-order valence-electron chi connectivity index (χ0n) is 26.7. The zero-order chi connectivity index (χ0) is 31.3. The summed E-state index contributed by atoms with van der Waals surface area (Å²) in [6.07, 6.45) is 2.93. The average molecular weight is 590 g/mol. The number of hydrogen-bond donors (Lipinski definition) is 1. The van der Waals surface area contributed by atoms with Gasteiger partial charge in [0, 0.05) is 37.4 Å². The first-order valence-electron chi connectivity index (χ1n) is 14.2. The normalized spacial score (nSPS) is 17.1. The minimum Gasteiger partial charge on any atom is -0.443 e. The lowest BCUT2D eigenvalue weighted by Crippen LogP contribution is -2.46. The van der Waals surface area contributed by atoms with Gasteiger partial charge in [-0.15, -0.1) is 0 Å². The minimum absolute atomic E-state index is 0.0201. The third-order valence-corrected chi connectivity index (χ3v) is 12.7. The van der Waals surface area contributed by atoms with Gasteiger partial charge in [0.1, 0.15) is 11.7 Å². The van der Waals surface area contributed by atoms with Crippen molar-refractivity contribution in [3.63, 3.8) is 0 Å². The topological polar surface area (TPSA) is 118 Å². The number of aryl methyl sites for hydroxylation is 1. The van der Waals surface area contributed by atoms with E-state index in [1.807, 2.05) is 46.9 Å². The molecule has 0 fully saturated rings. The van der Waals surface area contributed by atoms with E-state index in [-0.39, 0.29) is 5.04 Å². The second kappa shape index (κ2) is 10.8. The number of nitrogens with zero attached hydrogens (tertiary/aromatic N) is 6. The van der Waals surface area contributed by atoms with Crippen molar-refractivity contribution >= 4 is 31.7 Å². The lowest BCUT2D eigenvalue weighted by Gasteiger charge is -2.39. The molecule has 1 unspecified atom stereocenters. The van der Waals surface area contributed by atoms with Gasteiger partial charge in [0.25, 0.3) is 0 Å². The van der Waals surface area contributed by atoms with E-state index >= 15 is 0 Å². The molecule has 4 rings (SSSR count). The highest BCUT2D eigenvalue weighted by molar-refractivity contribution is 6.74. The Balaban J connectivity index is 1.80. The Hall–Kier alpha value is -3.75. The maximum absolute atomic E-state index is 13.5. The average Bonchev–Trinajstić information content (AvgIpc) is 3.37. The van der Waals surface area contributed by atoms with Crippen molar-refractivity contribution in [2.24, 2.45) is 7.05 Å². The Morgan fingerprint density at radius 1 is 1.21 bits per heavy atom. The lowest BCUT2D eigenvalue weighted by atomic mass is 9.83. The van der Waals surface area contributed by atoms with E-state index in [1.165, 1.54) is 0 Å². The molecule has 10 nitrogen and oxygen atoms in total. The number of nitrogens with one attached hydrogen (secondary N) is 1. The standard InChI is InChI=1S/C31H43N7O3Si/c1-20-25(17-34-37(20)9)36-27-33-13-12-24(35-27)21-14-22(16-32)26-23(15-21)31(8,19-40-42(10,11)30(5,6)7)18-38(26)28(39)41-29(2,3)4/h12-15,17H,18-19H2,1-11H3,(H,33,35,36). The number of aromatic nitrogens is 4. The molecule has 1 amide bonds. The van der Waals surface area contributed by atoms with E-state index in [4.69, 9.17) is 14.1 Å². The highest BCUT2D eigenvalue weighted by Crippen LogP contribution is 2.47. The van der Waals surface area contributed by atoms with Crippen LogP contribution in [0.5, 0.6) is 0 Å². The second-order valence-corrected chi connectivity index (χ2v) is 18.7. The Morgan fingerprint density at radius 3 is 2.48 bits per heavy atom. The van der Waals surface area contributed by atoms with Crippen LogP contribution < -0.4 is 10.2 Å². The molecule has 1 aromatic carbocycles. The highest BCUT2D eigenvalue weighted by Gasteiger charge is 2.47. The van der Waals surface area contributed by atoms with Gasteiger partial charge in [-0.2, -0.15) is 10.4 Å². The molecule has 0 spiro atoms. The van der Waals surface area contributed by atoms with Crippen LogP contribution >= 0.6 is 0 Å². The maximum atomic E-state index is 13.5. The van der Waals surface area contributed by atoms with Gasteiger partial charge in [0.05, 0.1) is 34.5 Å². The number of carbonyl (C=O) groups is 1. The molecule has 224 valence electrons. The molecule has 1 aliphatic heterocycles. The molecule has 1 aliphatic rings. The molecule has 3 heterocycles. The van der Waals surface area contributed by atoms with Gasteiger partial charge in [-0.1, -0.05) is 27.7 Å². The van der Waals surface area contributed by atoms with Gasteiger partial charge >= 0.3 is 6.09 Å². The molecule has 0 aliphatic carbocycles. The summed E-state index contributed by atoms with van der Waals surface area (Å²) in [6, 6.07) is 7.95. The molecular formula is C31H43N7O3Si. The molecule has 1 N–H and O–H groups in total. The predicted molar refractivity (Wildman–Crippen MR) is 167 cm³/mol. The van der Waals surface area contributed by atoms with Gasteiger partial charge in [-0.25, -0.2) is 14.8 Å². The van der Waals surface area contributed by atoms with Crippen molar-refractivity contribution in [2.75, 3.05) is 23.4 Å². The van der Waals surface area contributed by atoms with Gasteiger partial charge in [-0.3, -0.25) is 9.58 Å². The number of amides is 1. The summed E-state index contributed by atoms with van der Waals surface area (Å²) in [6.45, 7) is 21.3. The first-order valence-corrected chi connectivity index (χ1v) is 17.1. The largest absolute Gasteiger partial charge is 0.443 e. The van der Waals surface area contributed by atoms with Crippen molar-refractivity contribution in [1.82, 2.24) is 19.7 Å². The number of benzene rings is 1. The van der Waals surface area contributed by atoms with E-state index in [1.54, 1.807) is 28.0 Å². The minimum atomic E-state index is -2.11. The molecule has 11 heteroatoms. The van der Waals surface area contributed by atoms with Crippen LogP contribution in [0.4, 0.5) is 22.1 Å². The zero-order valence-corrected chi connectivity index (χ0v) is 27.7. The van der Waals surface area contributed by atoms with E-state index in [0.717, 1.165) is 22.5 Å². The van der Waals surface area contributed by atoms with Crippen LogP contribution in [-0.2, 0) is 21.6 Å². The van der Waals surface area contributed by atoms with Crippen LogP contribution in [0.3, 0.4) is 0 Å². The monoisotopic (exact) mass is 589 g/mol. The molecule has 1 atom stereocenters. The number of hydrogen-bond acceptors (Lipinski definition) is 8. The van der Waals surface area contributed by atoms with Gasteiger partial charge in [0.15, 0.2) is 8.32 Å². The van der Waals surface area contributed by atoms with Crippen molar-refractivity contribution in [3.05, 3.63) is 47.4 Å². The summed E-state index contributed by atoms with van der Waals surface area (Å²) < 4.78 is 14.3. The molecule has 0 saturated carbocycles. The molecule has 0 bridgehead atoms. The van der Waals surface area contributed by atoms with Gasteiger partial charge in [0.2, 0.25) is 5.95 Å². The molecule has 3 aromatic rings. The fourth-order valence-electron chi connectivity index (χ4n) is 4.61. The lowest BCUT2D eigenvalue weighted by molar-refractivity contribution is 0.0575. The summed E-state index contributed by atoms with van der Waals surface area (Å²) in [5, 5.41) is 17.9. The fraction of sp³-hybridized carbons (Fsp3) is 0.516. The van der Waals surface area contributed by atoms with Gasteiger partial charge in [-0.05, 0) is 69.6 Å². The summed E-state index contributed by atoms with van der Waals surface area (Å²) >= 11 is 0. The van der Waals surface area contributed by atoms with Crippen molar-refractivity contribution in [2.45, 2.75) is 84.5 Å². The third-order valence-electron chi connectivity index (χ3n) is 8.26. The van der Waals surface area contributed by atoms with Crippen LogP contribution in [0.15, 0.2) is 30.6 Å². The number of fused-ring (bicyclic) bond motifs is 1. The number of anilines is 3. The van der Waals surface area contributed by atoms with E-state index in [2.05, 4.69) is 62.3 Å². The fourth-order valence-corrected chi connectivity index (χ4v) is 5.72.